The number of carbonyl (C=O) groups is 1. The molecule has 1 aromatic rings. The minimum atomic E-state index is -0.805. The topological polar surface area (TPSA) is 46.5 Å². The molecule has 128 valence electrons. The zero-order valence-electron chi connectivity index (χ0n) is 15.3. The summed E-state index contributed by atoms with van der Waals surface area (Å²) in [5.74, 6) is 0.0935. The van der Waals surface area contributed by atoms with E-state index >= 15 is 0 Å². The molecule has 3 heteroatoms. The van der Waals surface area contributed by atoms with Crippen LogP contribution in [0.25, 0.3) is 5.57 Å². The van der Waals surface area contributed by atoms with Crippen LogP contribution < -0.4 is 4.74 Å². The molecule has 23 heavy (non-hydrogen) atoms. The smallest absolute Gasteiger partial charge is 0.307 e. The van der Waals surface area contributed by atoms with E-state index in [9.17, 15) is 4.79 Å². The number of ether oxygens (including phenoxy) is 1. The van der Waals surface area contributed by atoms with Crippen LogP contribution in [-0.2, 0) is 10.2 Å². The second-order valence-electron chi connectivity index (χ2n) is 6.95. The fourth-order valence-electron chi connectivity index (χ4n) is 2.70. The van der Waals surface area contributed by atoms with E-state index in [-0.39, 0.29) is 11.8 Å². The number of carboxylic acid groups (broad SMARTS) is 1. The molecule has 1 aromatic carbocycles. The number of aryl methyl sites for hydroxylation is 1. The third-order valence-electron chi connectivity index (χ3n) is 3.72. The average molecular weight is 318 g/mol. The summed E-state index contributed by atoms with van der Waals surface area (Å²) in [6.45, 7) is 13.3. The van der Waals surface area contributed by atoms with Gasteiger partial charge in [0.25, 0.3) is 0 Å². The predicted octanol–water partition coefficient (Wildman–Crippen LogP) is 5.35. The van der Waals surface area contributed by atoms with Crippen LogP contribution in [0.1, 0.15) is 70.6 Å². The molecule has 0 aliphatic carbocycles. The van der Waals surface area contributed by atoms with Gasteiger partial charge in [-0.3, -0.25) is 4.79 Å². The van der Waals surface area contributed by atoms with Crippen molar-refractivity contribution in [3.63, 3.8) is 0 Å². The van der Waals surface area contributed by atoms with Crippen molar-refractivity contribution in [2.75, 3.05) is 6.61 Å². The van der Waals surface area contributed by atoms with Crippen molar-refractivity contribution in [3.8, 4) is 5.75 Å². The standard InChI is InChI=1S/C20H30O3/c1-7-9-15(10-11-18(21)22)16-12-14(3)13-17(20(4,5)6)19(16)23-8-2/h10,12-13H,7-9,11H2,1-6H3,(H,21,22)/b15-10+. The maximum atomic E-state index is 11.0. The van der Waals surface area contributed by atoms with Gasteiger partial charge in [-0.2, -0.15) is 0 Å². The van der Waals surface area contributed by atoms with E-state index in [1.165, 1.54) is 11.1 Å². The van der Waals surface area contributed by atoms with Gasteiger partial charge < -0.3 is 9.84 Å². The van der Waals surface area contributed by atoms with Crippen LogP contribution in [0.15, 0.2) is 18.2 Å². The molecule has 0 saturated carbocycles. The van der Waals surface area contributed by atoms with Crippen molar-refractivity contribution in [1.29, 1.82) is 0 Å². The zero-order valence-corrected chi connectivity index (χ0v) is 15.3. The molecular formula is C20H30O3. The van der Waals surface area contributed by atoms with Crippen molar-refractivity contribution in [2.24, 2.45) is 0 Å². The van der Waals surface area contributed by atoms with Gasteiger partial charge >= 0.3 is 5.97 Å². The Morgan fingerprint density at radius 3 is 2.39 bits per heavy atom. The number of aliphatic carboxylic acids is 1. The largest absolute Gasteiger partial charge is 0.493 e. The molecule has 0 atom stereocenters. The second-order valence-corrected chi connectivity index (χ2v) is 6.95. The first-order chi connectivity index (χ1) is 10.7. The molecule has 0 aliphatic rings. The van der Waals surface area contributed by atoms with Crippen LogP contribution >= 0.6 is 0 Å². The lowest BCUT2D eigenvalue weighted by molar-refractivity contribution is -0.135. The number of hydrogen-bond acceptors (Lipinski definition) is 2. The molecule has 0 heterocycles. The molecule has 0 aromatic heterocycles. The molecular weight excluding hydrogens is 288 g/mol. The molecule has 0 spiro atoms. The Morgan fingerprint density at radius 2 is 1.91 bits per heavy atom. The monoisotopic (exact) mass is 318 g/mol. The lowest BCUT2D eigenvalue weighted by Gasteiger charge is -2.26. The second kappa shape index (κ2) is 8.19. The van der Waals surface area contributed by atoms with E-state index in [4.69, 9.17) is 9.84 Å². The third kappa shape index (κ3) is 5.42. The fourth-order valence-corrected chi connectivity index (χ4v) is 2.70. The Balaban J connectivity index is 3.55. The Morgan fingerprint density at radius 1 is 1.26 bits per heavy atom. The van der Waals surface area contributed by atoms with Crippen LogP contribution in [0.4, 0.5) is 0 Å². The third-order valence-corrected chi connectivity index (χ3v) is 3.72. The molecule has 0 aliphatic heterocycles. The lowest BCUT2D eigenvalue weighted by atomic mass is 9.82. The molecule has 1 N–H and O–H groups in total. The highest BCUT2D eigenvalue weighted by molar-refractivity contribution is 5.77. The zero-order chi connectivity index (χ0) is 17.6. The van der Waals surface area contributed by atoms with Crippen LogP contribution in [0.5, 0.6) is 5.75 Å². The van der Waals surface area contributed by atoms with Gasteiger partial charge in [-0.05, 0) is 42.9 Å². The van der Waals surface area contributed by atoms with E-state index < -0.39 is 5.97 Å². The van der Waals surface area contributed by atoms with Crippen LogP contribution in [0, 0.1) is 6.92 Å². The van der Waals surface area contributed by atoms with Crippen molar-refractivity contribution in [3.05, 3.63) is 34.9 Å². The molecule has 0 amide bonds. The number of hydrogen-bond donors (Lipinski definition) is 1. The first-order valence-electron chi connectivity index (χ1n) is 8.39. The molecule has 0 fully saturated rings. The maximum Gasteiger partial charge on any atom is 0.307 e. The van der Waals surface area contributed by atoms with Gasteiger partial charge in [-0.25, -0.2) is 0 Å². The van der Waals surface area contributed by atoms with E-state index in [0.29, 0.717) is 6.61 Å². The van der Waals surface area contributed by atoms with Gasteiger partial charge in [-0.1, -0.05) is 46.3 Å². The minimum absolute atomic E-state index is 0.0323. The highest BCUT2D eigenvalue weighted by Crippen LogP contribution is 2.39. The van der Waals surface area contributed by atoms with E-state index in [0.717, 1.165) is 29.7 Å². The first kappa shape index (κ1) is 19.3. The summed E-state index contributed by atoms with van der Waals surface area (Å²) in [5, 5.41) is 9.01. The minimum Gasteiger partial charge on any atom is -0.493 e. The molecule has 0 radical (unpaired) electrons. The van der Waals surface area contributed by atoms with Gasteiger partial charge in [0.05, 0.1) is 13.0 Å². The number of carboxylic acids is 1. The van der Waals surface area contributed by atoms with Crippen LogP contribution in [-0.4, -0.2) is 17.7 Å². The van der Waals surface area contributed by atoms with E-state index in [1.807, 2.05) is 13.0 Å². The SMILES string of the molecule is CCC/C(=C\CC(=O)O)c1cc(C)cc(C(C)(C)C)c1OCC. The van der Waals surface area contributed by atoms with Crippen LogP contribution in [0.3, 0.4) is 0 Å². The van der Waals surface area contributed by atoms with Gasteiger partial charge in [0.2, 0.25) is 0 Å². The Bertz CT molecular complexity index is 577. The summed E-state index contributed by atoms with van der Waals surface area (Å²) >= 11 is 0. The van der Waals surface area contributed by atoms with Gasteiger partial charge in [0.15, 0.2) is 0 Å². The molecule has 1 rings (SSSR count). The van der Waals surface area contributed by atoms with Crippen molar-refractivity contribution in [1.82, 2.24) is 0 Å². The van der Waals surface area contributed by atoms with Gasteiger partial charge in [-0.15, -0.1) is 0 Å². The quantitative estimate of drug-likeness (QED) is 0.737. The van der Waals surface area contributed by atoms with E-state index in [2.05, 4.69) is 46.8 Å². The highest BCUT2D eigenvalue weighted by atomic mass is 16.5. The summed E-state index contributed by atoms with van der Waals surface area (Å²) < 4.78 is 6.00. The maximum absolute atomic E-state index is 11.0. The first-order valence-corrected chi connectivity index (χ1v) is 8.39. The molecule has 0 saturated heterocycles. The number of allylic oxidation sites excluding steroid dienone is 1. The normalized spacial score (nSPS) is 12.3. The average Bonchev–Trinajstić information content (AvgIpc) is 2.44. The van der Waals surface area contributed by atoms with Crippen molar-refractivity contribution in [2.45, 2.75) is 66.2 Å². The Hall–Kier alpha value is -1.77. The summed E-state index contributed by atoms with van der Waals surface area (Å²) in [5.41, 5.74) is 4.42. The number of benzene rings is 1. The fraction of sp³-hybridized carbons (Fsp3) is 0.550. The summed E-state index contributed by atoms with van der Waals surface area (Å²) in [4.78, 5) is 11.0. The highest BCUT2D eigenvalue weighted by Gasteiger charge is 2.23. The van der Waals surface area contributed by atoms with Crippen molar-refractivity contribution < 1.29 is 14.6 Å². The van der Waals surface area contributed by atoms with Crippen molar-refractivity contribution >= 4 is 11.5 Å². The van der Waals surface area contributed by atoms with E-state index in [1.54, 1.807) is 0 Å². The molecule has 0 bridgehead atoms. The summed E-state index contributed by atoms with van der Waals surface area (Å²) in [6, 6.07) is 4.29. The van der Waals surface area contributed by atoms with Gasteiger partial charge in [0, 0.05) is 11.1 Å². The summed E-state index contributed by atoms with van der Waals surface area (Å²) in [7, 11) is 0. The Labute approximate surface area is 140 Å². The molecule has 0 unspecified atom stereocenters. The van der Waals surface area contributed by atoms with Crippen LogP contribution in [0.2, 0.25) is 0 Å². The summed E-state index contributed by atoms with van der Waals surface area (Å²) in [6.07, 6.45) is 3.69. The Kier molecular flexibility index (Phi) is 6.86. The predicted molar refractivity (Wildman–Crippen MR) is 96.2 cm³/mol. The number of rotatable bonds is 7. The van der Waals surface area contributed by atoms with Gasteiger partial charge in [0.1, 0.15) is 5.75 Å². The lowest BCUT2D eigenvalue weighted by Crippen LogP contribution is -2.15. The molecule has 3 nitrogen and oxygen atoms in total.